The maximum atomic E-state index is 13.2. The molecule has 1 rings (SSSR count). The predicted octanol–water partition coefficient (Wildman–Crippen LogP) is 4.27. The fourth-order valence-electron chi connectivity index (χ4n) is 1.62. The second-order valence-corrected chi connectivity index (χ2v) is 5.17. The van der Waals surface area contributed by atoms with E-state index in [1.807, 2.05) is 0 Å². The third-order valence-electron chi connectivity index (χ3n) is 2.75. The first-order chi connectivity index (χ1) is 9.46. The Morgan fingerprint density at radius 3 is 2.24 bits per heavy atom. The van der Waals surface area contributed by atoms with Crippen LogP contribution in [0.5, 0.6) is 0 Å². The minimum absolute atomic E-state index is 0.297. The van der Waals surface area contributed by atoms with Crippen molar-refractivity contribution in [3.8, 4) is 0 Å². The number of nitrogens with zero attached hydrogens (tertiary/aromatic N) is 1. The number of carbonyl (C=O) groups excluding carboxylic acids is 1. The zero-order chi connectivity index (χ0) is 16.4. The van der Waals surface area contributed by atoms with Gasteiger partial charge in [0.25, 0.3) is 0 Å². The van der Waals surface area contributed by atoms with Crippen LogP contribution in [0.1, 0.15) is 19.4 Å². The predicted molar refractivity (Wildman–Crippen MR) is 68.1 cm³/mol. The van der Waals surface area contributed by atoms with E-state index in [2.05, 4.69) is 0 Å². The van der Waals surface area contributed by atoms with Gasteiger partial charge < -0.3 is 4.90 Å². The first kappa shape index (κ1) is 17.7. The first-order valence-corrected chi connectivity index (χ1v) is 6.34. The molecule has 0 unspecified atom stereocenters. The zero-order valence-electron chi connectivity index (χ0n) is 11.2. The van der Waals surface area contributed by atoms with Crippen molar-refractivity contribution in [2.45, 2.75) is 38.5 Å². The first-order valence-electron chi connectivity index (χ1n) is 5.97. The number of carbonyl (C=O) groups is 1. The van der Waals surface area contributed by atoms with Crippen molar-refractivity contribution in [2.24, 2.45) is 0 Å². The molecular weight excluding hydrogens is 317 g/mol. The average molecular weight is 330 g/mol. The van der Waals surface area contributed by atoms with Gasteiger partial charge in [-0.3, -0.25) is 4.79 Å². The highest BCUT2D eigenvalue weighted by atomic mass is 35.5. The van der Waals surface area contributed by atoms with Crippen LogP contribution in [0.4, 0.5) is 22.0 Å². The van der Waals surface area contributed by atoms with E-state index in [4.69, 9.17) is 11.6 Å². The lowest BCUT2D eigenvalue weighted by Crippen LogP contribution is -2.53. The maximum absolute atomic E-state index is 13.2. The number of hydrogen-bond acceptors (Lipinski definition) is 1. The normalized spacial score (nSPS) is 12.6. The number of amides is 1. The van der Waals surface area contributed by atoms with Gasteiger partial charge in [0.05, 0.1) is 0 Å². The highest BCUT2D eigenvalue weighted by molar-refractivity contribution is 6.30. The van der Waals surface area contributed by atoms with Gasteiger partial charge in [-0.05, 0) is 31.5 Å². The van der Waals surface area contributed by atoms with Crippen molar-refractivity contribution < 1.29 is 26.7 Å². The lowest BCUT2D eigenvalue weighted by Gasteiger charge is -2.31. The molecule has 0 saturated carbocycles. The van der Waals surface area contributed by atoms with Crippen molar-refractivity contribution in [1.82, 2.24) is 4.90 Å². The van der Waals surface area contributed by atoms with Crippen LogP contribution < -0.4 is 0 Å². The van der Waals surface area contributed by atoms with E-state index < -0.39 is 24.0 Å². The largest absolute Gasteiger partial charge is 0.463 e. The van der Waals surface area contributed by atoms with Crippen LogP contribution in [0.3, 0.4) is 0 Å². The average Bonchev–Trinajstić information content (AvgIpc) is 2.33. The lowest BCUT2D eigenvalue weighted by atomic mass is 10.1. The zero-order valence-corrected chi connectivity index (χ0v) is 12.0. The molecule has 1 aromatic carbocycles. The molecule has 0 aliphatic carbocycles. The molecule has 1 aromatic rings. The minimum Gasteiger partial charge on any atom is -0.330 e. The molecule has 0 bridgehead atoms. The minimum atomic E-state index is -5.93. The molecule has 2 nitrogen and oxygen atoms in total. The Morgan fingerprint density at radius 2 is 1.81 bits per heavy atom. The third kappa shape index (κ3) is 4.06. The number of rotatable bonds is 4. The molecule has 0 fully saturated rings. The van der Waals surface area contributed by atoms with E-state index in [1.54, 1.807) is 0 Å². The van der Waals surface area contributed by atoms with Crippen LogP contribution in [0.2, 0.25) is 5.02 Å². The van der Waals surface area contributed by atoms with Crippen LogP contribution in [-0.4, -0.2) is 28.9 Å². The molecule has 1 amide bonds. The summed E-state index contributed by atoms with van der Waals surface area (Å²) in [6.07, 6.45) is -5.93. The van der Waals surface area contributed by atoms with Crippen molar-refractivity contribution in [3.05, 3.63) is 34.9 Å². The molecule has 0 saturated heterocycles. The standard InChI is InChI=1S/C13H13ClF5NO/c1-8(2)20(7-9-4-3-5-10(14)6-9)11(21)12(15,16)13(17,18)19/h3-6,8H,7H2,1-2H3. The Labute approximate surface area is 123 Å². The van der Waals surface area contributed by atoms with Gasteiger partial charge in [0, 0.05) is 17.6 Å². The summed E-state index contributed by atoms with van der Waals surface area (Å²) in [5.74, 6) is -7.69. The molecule has 0 spiro atoms. The summed E-state index contributed by atoms with van der Waals surface area (Å²) >= 11 is 5.72. The van der Waals surface area contributed by atoms with Crippen LogP contribution in [0, 0.1) is 0 Å². The molecule has 0 radical (unpaired) electrons. The molecule has 0 aliphatic rings. The summed E-state index contributed by atoms with van der Waals surface area (Å²) in [5, 5.41) is 0.297. The van der Waals surface area contributed by atoms with Gasteiger partial charge in [0.15, 0.2) is 0 Å². The highest BCUT2D eigenvalue weighted by Crippen LogP contribution is 2.37. The van der Waals surface area contributed by atoms with E-state index in [0.717, 1.165) is 0 Å². The summed E-state index contributed by atoms with van der Waals surface area (Å²) in [4.78, 5) is 12.0. The number of alkyl halides is 5. The maximum Gasteiger partial charge on any atom is 0.463 e. The molecule has 0 aliphatic heterocycles. The Morgan fingerprint density at radius 1 is 1.24 bits per heavy atom. The summed E-state index contributed by atoms with van der Waals surface area (Å²) < 4.78 is 63.2. The van der Waals surface area contributed by atoms with Crippen molar-refractivity contribution >= 4 is 17.5 Å². The molecule has 118 valence electrons. The number of hydrogen-bond donors (Lipinski definition) is 0. The van der Waals surface area contributed by atoms with E-state index in [1.165, 1.54) is 38.1 Å². The van der Waals surface area contributed by atoms with Gasteiger partial charge >= 0.3 is 18.0 Å². The Balaban J connectivity index is 3.05. The van der Waals surface area contributed by atoms with E-state index in [9.17, 15) is 26.7 Å². The fraction of sp³-hybridized carbons (Fsp3) is 0.462. The summed E-state index contributed by atoms with van der Waals surface area (Å²) in [5.41, 5.74) is 0.363. The van der Waals surface area contributed by atoms with Gasteiger partial charge in [-0.2, -0.15) is 22.0 Å². The van der Waals surface area contributed by atoms with E-state index >= 15 is 0 Å². The van der Waals surface area contributed by atoms with Gasteiger partial charge in [0.2, 0.25) is 0 Å². The van der Waals surface area contributed by atoms with Crippen LogP contribution in [0.25, 0.3) is 0 Å². The summed E-state index contributed by atoms with van der Waals surface area (Å²) in [6.45, 7) is 2.33. The Hall–Kier alpha value is -1.37. The van der Waals surface area contributed by atoms with Crippen molar-refractivity contribution in [3.63, 3.8) is 0 Å². The molecule has 0 atom stereocenters. The van der Waals surface area contributed by atoms with Crippen LogP contribution in [-0.2, 0) is 11.3 Å². The van der Waals surface area contributed by atoms with Gasteiger partial charge in [-0.1, -0.05) is 23.7 Å². The van der Waals surface area contributed by atoms with Gasteiger partial charge in [-0.15, -0.1) is 0 Å². The van der Waals surface area contributed by atoms with Crippen LogP contribution >= 0.6 is 11.6 Å². The molecule has 0 heterocycles. The van der Waals surface area contributed by atoms with Crippen molar-refractivity contribution in [1.29, 1.82) is 0 Å². The van der Waals surface area contributed by atoms with E-state index in [-0.39, 0.29) is 6.54 Å². The summed E-state index contributed by atoms with van der Waals surface area (Å²) in [7, 11) is 0. The fourth-order valence-corrected chi connectivity index (χ4v) is 1.84. The Kier molecular flexibility index (Phi) is 5.20. The molecule has 8 heteroatoms. The molecule has 0 N–H and O–H groups in total. The van der Waals surface area contributed by atoms with Crippen LogP contribution in [0.15, 0.2) is 24.3 Å². The van der Waals surface area contributed by atoms with Crippen molar-refractivity contribution in [2.75, 3.05) is 0 Å². The Bertz CT molecular complexity index is 516. The SMILES string of the molecule is CC(C)N(Cc1cccc(Cl)c1)C(=O)C(F)(F)C(F)(F)F. The molecular formula is C13H13ClF5NO. The quantitative estimate of drug-likeness (QED) is 0.755. The third-order valence-corrected chi connectivity index (χ3v) is 2.99. The number of halogens is 6. The second kappa shape index (κ2) is 6.17. The van der Waals surface area contributed by atoms with Gasteiger partial charge in [-0.25, -0.2) is 0 Å². The number of benzene rings is 1. The second-order valence-electron chi connectivity index (χ2n) is 4.73. The summed E-state index contributed by atoms with van der Waals surface area (Å²) in [6, 6.07) is 5.10. The van der Waals surface area contributed by atoms with E-state index in [0.29, 0.717) is 15.5 Å². The molecule has 0 aromatic heterocycles. The molecule has 21 heavy (non-hydrogen) atoms. The topological polar surface area (TPSA) is 20.3 Å². The smallest absolute Gasteiger partial charge is 0.330 e. The lowest BCUT2D eigenvalue weighted by molar-refractivity contribution is -0.275. The van der Waals surface area contributed by atoms with Gasteiger partial charge in [0.1, 0.15) is 0 Å². The monoisotopic (exact) mass is 329 g/mol. The highest BCUT2D eigenvalue weighted by Gasteiger charge is 2.64.